The van der Waals surface area contributed by atoms with Crippen LogP contribution in [0.25, 0.3) is 0 Å². The molecule has 0 fully saturated rings. The summed E-state index contributed by atoms with van der Waals surface area (Å²) in [4.78, 5) is 12.0. The molecule has 0 bridgehead atoms. The summed E-state index contributed by atoms with van der Waals surface area (Å²) in [5.41, 5.74) is -0.609. The minimum absolute atomic E-state index is 0.136. The Balaban J connectivity index is 2.25. The van der Waals surface area contributed by atoms with Crippen LogP contribution in [0.4, 0.5) is 13.2 Å². The fraction of sp³-hybridized carbons (Fsp3) is 0.214. The number of rotatable bonds is 3. The number of furan rings is 1. The van der Waals surface area contributed by atoms with Gasteiger partial charge in [-0.15, -0.1) is 0 Å². The maximum atomic E-state index is 12.4. The van der Waals surface area contributed by atoms with Gasteiger partial charge in [0, 0.05) is 12.0 Å². The van der Waals surface area contributed by atoms with E-state index in [0.29, 0.717) is 12.2 Å². The van der Waals surface area contributed by atoms with Gasteiger partial charge in [0.2, 0.25) is 5.78 Å². The maximum Gasteiger partial charge on any atom is 0.416 e. The van der Waals surface area contributed by atoms with Crippen LogP contribution in [0.15, 0.2) is 40.8 Å². The van der Waals surface area contributed by atoms with E-state index in [1.165, 1.54) is 6.07 Å². The highest BCUT2D eigenvalue weighted by Crippen LogP contribution is 2.29. The van der Waals surface area contributed by atoms with Crippen LogP contribution >= 0.6 is 0 Å². The molecule has 19 heavy (non-hydrogen) atoms. The van der Waals surface area contributed by atoms with Crippen LogP contribution in [-0.4, -0.2) is 5.78 Å². The average Bonchev–Trinajstić information content (AvgIpc) is 2.86. The maximum absolute atomic E-state index is 12.4. The normalized spacial score (nSPS) is 11.6. The lowest BCUT2D eigenvalue weighted by atomic mass is 10.1. The average molecular weight is 268 g/mol. The third kappa shape index (κ3) is 2.86. The van der Waals surface area contributed by atoms with E-state index >= 15 is 0 Å². The molecule has 1 aromatic carbocycles. The topological polar surface area (TPSA) is 30.2 Å². The highest BCUT2D eigenvalue weighted by atomic mass is 19.4. The minimum Gasteiger partial charge on any atom is -0.458 e. The number of alkyl halides is 3. The summed E-state index contributed by atoms with van der Waals surface area (Å²) >= 11 is 0. The van der Waals surface area contributed by atoms with Crippen molar-refractivity contribution in [1.82, 2.24) is 0 Å². The third-order valence-electron chi connectivity index (χ3n) is 2.71. The lowest BCUT2D eigenvalue weighted by Crippen LogP contribution is -2.06. The number of carbonyl (C=O) groups excluding carboxylic acids is 1. The van der Waals surface area contributed by atoms with Gasteiger partial charge in [-0.05, 0) is 24.3 Å². The number of hydrogen-bond acceptors (Lipinski definition) is 2. The Morgan fingerprint density at radius 2 is 1.74 bits per heavy atom. The zero-order valence-electron chi connectivity index (χ0n) is 10.1. The molecule has 2 nitrogen and oxygen atoms in total. The van der Waals surface area contributed by atoms with Crippen LogP contribution in [0.5, 0.6) is 0 Å². The summed E-state index contributed by atoms with van der Waals surface area (Å²) in [5, 5.41) is 0. The largest absolute Gasteiger partial charge is 0.458 e. The highest BCUT2D eigenvalue weighted by Gasteiger charge is 2.30. The van der Waals surface area contributed by atoms with Gasteiger partial charge in [-0.25, -0.2) is 0 Å². The molecule has 0 amide bonds. The molecule has 0 N–H and O–H groups in total. The van der Waals surface area contributed by atoms with Gasteiger partial charge in [0.15, 0.2) is 5.76 Å². The zero-order chi connectivity index (χ0) is 14.0. The predicted octanol–water partition coefficient (Wildman–Crippen LogP) is 4.09. The SMILES string of the molecule is CCc1ccc(C(=O)c2ccc(C(F)(F)F)cc2)o1. The van der Waals surface area contributed by atoms with Crippen molar-refractivity contribution in [2.75, 3.05) is 0 Å². The summed E-state index contributed by atoms with van der Waals surface area (Å²) in [6.07, 6.45) is -3.75. The smallest absolute Gasteiger partial charge is 0.416 e. The molecule has 1 aromatic heterocycles. The van der Waals surface area contributed by atoms with E-state index in [-0.39, 0.29) is 11.3 Å². The molecule has 0 atom stereocenters. The van der Waals surface area contributed by atoms with Crippen molar-refractivity contribution in [3.63, 3.8) is 0 Å². The van der Waals surface area contributed by atoms with Gasteiger partial charge < -0.3 is 4.42 Å². The van der Waals surface area contributed by atoms with Gasteiger partial charge in [-0.1, -0.05) is 19.1 Å². The second-order valence-electron chi connectivity index (χ2n) is 4.02. The standard InChI is InChI=1S/C14H11F3O2/c1-2-11-7-8-12(19-11)13(18)9-3-5-10(6-4-9)14(15,16)17/h3-8H,2H2,1H3. The van der Waals surface area contributed by atoms with E-state index in [2.05, 4.69) is 0 Å². The molecule has 1 heterocycles. The second kappa shape index (κ2) is 4.91. The fourth-order valence-corrected chi connectivity index (χ4v) is 1.64. The highest BCUT2D eigenvalue weighted by molar-refractivity contribution is 6.07. The molecule has 0 spiro atoms. The van der Waals surface area contributed by atoms with Gasteiger partial charge in [0.25, 0.3) is 0 Å². The lowest BCUT2D eigenvalue weighted by molar-refractivity contribution is -0.137. The molecule has 0 saturated heterocycles. The van der Waals surface area contributed by atoms with Crippen molar-refractivity contribution >= 4 is 5.78 Å². The Hall–Kier alpha value is -2.04. The summed E-state index contributed by atoms with van der Waals surface area (Å²) in [6.45, 7) is 1.88. The Kier molecular flexibility index (Phi) is 3.46. The van der Waals surface area contributed by atoms with E-state index in [1.54, 1.807) is 6.07 Å². The van der Waals surface area contributed by atoms with Gasteiger partial charge in [-0.2, -0.15) is 13.2 Å². The molecule has 0 saturated carbocycles. The van der Waals surface area contributed by atoms with Crippen LogP contribution < -0.4 is 0 Å². The summed E-state index contributed by atoms with van der Waals surface area (Å²) in [7, 11) is 0. The van der Waals surface area contributed by atoms with Crippen molar-refractivity contribution < 1.29 is 22.4 Å². The summed E-state index contributed by atoms with van der Waals surface area (Å²) < 4.78 is 42.4. The Morgan fingerprint density at radius 3 is 2.21 bits per heavy atom. The fourth-order valence-electron chi connectivity index (χ4n) is 1.64. The first kappa shape index (κ1) is 13.4. The molecule has 0 aliphatic heterocycles. The molecule has 0 radical (unpaired) electrons. The molecule has 0 aliphatic carbocycles. The van der Waals surface area contributed by atoms with Gasteiger partial charge >= 0.3 is 6.18 Å². The summed E-state index contributed by atoms with van der Waals surface area (Å²) in [6, 6.07) is 7.28. The van der Waals surface area contributed by atoms with E-state index in [4.69, 9.17) is 4.42 Å². The van der Waals surface area contributed by atoms with E-state index in [0.717, 1.165) is 24.3 Å². The van der Waals surface area contributed by atoms with Crippen LogP contribution in [0.2, 0.25) is 0 Å². The second-order valence-corrected chi connectivity index (χ2v) is 4.02. The lowest BCUT2D eigenvalue weighted by Gasteiger charge is -2.06. The number of benzene rings is 1. The number of ketones is 1. The zero-order valence-corrected chi connectivity index (χ0v) is 10.1. The van der Waals surface area contributed by atoms with Crippen LogP contribution in [0.3, 0.4) is 0 Å². The van der Waals surface area contributed by atoms with Crippen molar-refractivity contribution in [3.8, 4) is 0 Å². The minimum atomic E-state index is -4.40. The first-order valence-corrected chi connectivity index (χ1v) is 5.72. The van der Waals surface area contributed by atoms with Crippen LogP contribution in [0.1, 0.15) is 34.4 Å². The third-order valence-corrected chi connectivity index (χ3v) is 2.71. The first-order valence-electron chi connectivity index (χ1n) is 5.72. The van der Waals surface area contributed by atoms with Crippen molar-refractivity contribution in [2.24, 2.45) is 0 Å². The molecule has 2 aromatic rings. The van der Waals surface area contributed by atoms with Gasteiger partial charge in [0.05, 0.1) is 5.56 Å². The first-order chi connectivity index (χ1) is 8.91. The van der Waals surface area contributed by atoms with Crippen LogP contribution in [0, 0.1) is 0 Å². The number of carbonyl (C=O) groups is 1. The Labute approximate surface area is 107 Å². The monoisotopic (exact) mass is 268 g/mol. The van der Waals surface area contributed by atoms with Gasteiger partial charge in [0.1, 0.15) is 5.76 Å². The molecule has 0 aliphatic rings. The van der Waals surface area contributed by atoms with E-state index in [1.807, 2.05) is 6.92 Å². The predicted molar refractivity (Wildman–Crippen MR) is 63.0 cm³/mol. The number of hydrogen-bond donors (Lipinski definition) is 0. The molecular formula is C14H11F3O2. The van der Waals surface area contributed by atoms with Crippen molar-refractivity contribution in [2.45, 2.75) is 19.5 Å². The molecule has 0 unspecified atom stereocenters. The summed E-state index contributed by atoms with van der Waals surface area (Å²) in [5.74, 6) is 0.375. The van der Waals surface area contributed by atoms with E-state index < -0.39 is 17.5 Å². The molecular weight excluding hydrogens is 257 g/mol. The van der Waals surface area contributed by atoms with E-state index in [9.17, 15) is 18.0 Å². The Bertz CT molecular complexity index is 579. The van der Waals surface area contributed by atoms with Crippen molar-refractivity contribution in [3.05, 3.63) is 59.0 Å². The number of halogens is 3. The quantitative estimate of drug-likeness (QED) is 0.785. The molecule has 5 heteroatoms. The Morgan fingerprint density at radius 1 is 1.11 bits per heavy atom. The molecule has 100 valence electrons. The van der Waals surface area contributed by atoms with Gasteiger partial charge in [-0.3, -0.25) is 4.79 Å². The van der Waals surface area contributed by atoms with Crippen LogP contribution in [-0.2, 0) is 12.6 Å². The number of aryl methyl sites for hydroxylation is 1. The van der Waals surface area contributed by atoms with Crippen molar-refractivity contribution in [1.29, 1.82) is 0 Å². The molecule has 2 rings (SSSR count).